The predicted octanol–water partition coefficient (Wildman–Crippen LogP) is 3.21. The lowest BCUT2D eigenvalue weighted by atomic mass is 9.81. The summed E-state index contributed by atoms with van der Waals surface area (Å²) in [5.74, 6) is 0.377. The van der Waals surface area contributed by atoms with Crippen molar-refractivity contribution in [3.05, 3.63) is 24.0 Å². The quantitative estimate of drug-likeness (QED) is 0.877. The van der Waals surface area contributed by atoms with Crippen LogP contribution in [0.3, 0.4) is 0 Å². The number of nitrogens with zero attached hydrogens (tertiary/aromatic N) is 1. The lowest BCUT2D eigenvalue weighted by Crippen LogP contribution is -2.41. The zero-order valence-corrected chi connectivity index (χ0v) is 13.1. The van der Waals surface area contributed by atoms with E-state index in [1.165, 1.54) is 0 Å². The molecule has 0 bridgehead atoms. The average Bonchev–Trinajstić information content (AvgIpc) is 2.37. The van der Waals surface area contributed by atoms with E-state index in [-0.39, 0.29) is 12.1 Å². The number of nitrogen functional groups attached to an aromatic ring is 1. The van der Waals surface area contributed by atoms with Crippen LogP contribution >= 0.6 is 0 Å². The Hall–Kier alpha value is -1.78. The maximum Gasteiger partial charge on any atom is 0.407 e. The van der Waals surface area contributed by atoms with Gasteiger partial charge in [0.1, 0.15) is 5.60 Å². The van der Waals surface area contributed by atoms with Crippen molar-refractivity contribution in [2.24, 2.45) is 0 Å². The standard InChI is InChI=1S/C16H25N3O2/c1-16(2,3)21-15(20)19-12-6-4-5-11(9-12)13-7-8-18-10-14(13)17/h7-8,10-12H,4-6,9,17H2,1-3H3,(H,19,20). The molecule has 1 aliphatic rings. The molecule has 1 aliphatic carbocycles. The number of hydrogen-bond donors (Lipinski definition) is 2. The molecule has 1 aromatic rings. The molecule has 3 N–H and O–H groups in total. The summed E-state index contributed by atoms with van der Waals surface area (Å²) in [4.78, 5) is 15.9. The molecule has 1 heterocycles. The van der Waals surface area contributed by atoms with Crippen molar-refractivity contribution in [2.75, 3.05) is 5.73 Å². The van der Waals surface area contributed by atoms with Crippen LogP contribution in [0.5, 0.6) is 0 Å². The highest BCUT2D eigenvalue weighted by molar-refractivity contribution is 5.68. The van der Waals surface area contributed by atoms with E-state index >= 15 is 0 Å². The van der Waals surface area contributed by atoms with Crippen molar-refractivity contribution < 1.29 is 9.53 Å². The van der Waals surface area contributed by atoms with E-state index in [2.05, 4.69) is 10.3 Å². The van der Waals surface area contributed by atoms with E-state index in [0.717, 1.165) is 36.9 Å². The smallest absolute Gasteiger partial charge is 0.407 e. The Morgan fingerprint density at radius 2 is 2.19 bits per heavy atom. The Kier molecular flexibility index (Phi) is 4.70. The molecule has 1 aromatic heterocycles. The van der Waals surface area contributed by atoms with Crippen molar-refractivity contribution in [3.8, 4) is 0 Å². The molecule has 1 amide bonds. The molecular formula is C16H25N3O2. The number of anilines is 1. The third-order valence-electron chi connectivity index (χ3n) is 3.72. The number of carbonyl (C=O) groups is 1. The molecule has 2 atom stereocenters. The first-order valence-corrected chi connectivity index (χ1v) is 7.54. The van der Waals surface area contributed by atoms with Crippen LogP contribution in [0.1, 0.15) is 57.9 Å². The zero-order valence-electron chi connectivity index (χ0n) is 13.1. The maximum atomic E-state index is 11.9. The number of alkyl carbamates (subject to hydrolysis) is 1. The van der Waals surface area contributed by atoms with Crippen molar-refractivity contribution >= 4 is 11.8 Å². The Labute approximate surface area is 126 Å². The number of hydrogen-bond acceptors (Lipinski definition) is 4. The maximum absolute atomic E-state index is 11.9. The van der Waals surface area contributed by atoms with Gasteiger partial charge in [0.25, 0.3) is 0 Å². The number of nitrogens with two attached hydrogens (primary N) is 1. The monoisotopic (exact) mass is 291 g/mol. The average molecular weight is 291 g/mol. The van der Waals surface area contributed by atoms with Gasteiger partial charge in [-0.05, 0) is 57.6 Å². The first-order chi connectivity index (χ1) is 9.85. The second-order valence-electron chi connectivity index (χ2n) is 6.71. The fraction of sp³-hybridized carbons (Fsp3) is 0.625. The number of rotatable bonds is 2. The highest BCUT2D eigenvalue weighted by atomic mass is 16.6. The van der Waals surface area contributed by atoms with Crippen LogP contribution in [-0.2, 0) is 4.74 Å². The number of nitrogens with one attached hydrogen (secondary N) is 1. The van der Waals surface area contributed by atoms with Gasteiger partial charge >= 0.3 is 6.09 Å². The Balaban J connectivity index is 1.95. The number of aromatic nitrogens is 1. The van der Waals surface area contributed by atoms with Gasteiger partial charge in [0.15, 0.2) is 0 Å². The summed E-state index contributed by atoms with van der Waals surface area (Å²) in [6, 6.07) is 2.13. The van der Waals surface area contributed by atoms with Crippen LogP contribution in [0, 0.1) is 0 Å². The fourth-order valence-electron chi connectivity index (χ4n) is 2.87. The summed E-state index contributed by atoms with van der Waals surface area (Å²) in [5.41, 5.74) is 7.42. The third-order valence-corrected chi connectivity index (χ3v) is 3.72. The molecule has 1 fully saturated rings. The number of ether oxygens (including phenoxy) is 1. The van der Waals surface area contributed by atoms with Crippen LogP contribution < -0.4 is 11.1 Å². The van der Waals surface area contributed by atoms with E-state index in [1.807, 2.05) is 26.8 Å². The lowest BCUT2D eigenvalue weighted by molar-refractivity contribution is 0.0490. The van der Waals surface area contributed by atoms with E-state index in [1.54, 1.807) is 12.4 Å². The highest BCUT2D eigenvalue weighted by Crippen LogP contribution is 2.35. The molecular weight excluding hydrogens is 266 g/mol. The molecule has 2 rings (SSSR count). The summed E-state index contributed by atoms with van der Waals surface area (Å²) in [5, 5.41) is 2.98. The molecule has 116 valence electrons. The highest BCUT2D eigenvalue weighted by Gasteiger charge is 2.27. The van der Waals surface area contributed by atoms with Gasteiger partial charge in [-0.1, -0.05) is 6.42 Å². The van der Waals surface area contributed by atoms with Gasteiger partial charge in [-0.25, -0.2) is 4.79 Å². The summed E-state index contributed by atoms with van der Waals surface area (Å²) in [6.07, 6.45) is 7.19. The van der Waals surface area contributed by atoms with Gasteiger partial charge in [0.2, 0.25) is 0 Å². The van der Waals surface area contributed by atoms with Crippen LogP contribution in [0.2, 0.25) is 0 Å². The van der Waals surface area contributed by atoms with Gasteiger partial charge in [0.05, 0.1) is 11.9 Å². The minimum Gasteiger partial charge on any atom is -0.444 e. The predicted molar refractivity (Wildman–Crippen MR) is 83.0 cm³/mol. The number of amides is 1. The van der Waals surface area contributed by atoms with Crippen molar-refractivity contribution in [2.45, 2.75) is 64.0 Å². The van der Waals surface area contributed by atoms with E-state index < -0.39 is 5.60 Å². The summed E-state index contributed by atoms with van der Waals surface area (Å²) >= 11 is 0. The third kappa shape index (κ3) is 4.62. The minimum absolute atomic E-state index is 0.145. The largest absolute Gasteiger partial charge is 0.444 e. The van der Waals surface area contributed by atoms with Crippen LogP contribution in [0.4, 0.5) is 10.5 Å². The molecule has 0 aliphatic heterocycles. The van der Waals surface area contributed by atoms with Crippen molar-refractivity contribution in [1.29, 1.82) is 0 Å². The summed E-state index contributed by atoms with van der Waals surface area (Å²) < 4.78 is 5.32. The first kappa shape index (κ1) is 15.6. The van der Waals surface area contributed by atoms with Gasteiger partial charge in [-0.3, -0.25) is 4.98 Å². The van der Waals surface area contributed by atoms with E-state index in [9.17, 15) is 4.79 Å². The second-order valence-corrected chi connectivity index (χ2v) is 6.71. The number of pyridine rings is 1. The molecule has 5 heteroatoms. The van der Waals surface area contributed by atoms with Gasteiger partial charge in [0, 0.05) is 12.2 Å². The van der Waals surface area contributed by atoms with Crippen molar-refractivity contribution in [1.82, 2.24) is 10.3 Å². The fourth-order valence-corrected chi connectivity index (χ4v) is 2.87. The Bertz CT molecular complexity index is 497. The molecule has 0 spiro atoms. The SMILES string of the molecule is CC(C)(C)OC(=O)NC1CCCC(c2ccncc2N)C1. The Morgan fingerprint density at radius 1 is 1.43 bits per heavy atom. The van der Waals surface area contributed by atoms with Crippen LogP contribution in [0.25, 0.3) is 0 Å². The van der Waals surface area contributed by atoms with Crippen LogP contribution in [0.15, 0.2) is 18.5 Å². The summed E-state index contributed by atoms with van der Waals surface area (Å²) in [7, 11) is 0. The summed E-state index contributed by atoms with van der Waals surface area (Å²) in [6.45, 7) is 5.61. The lowest BCUT2D eigenvalue weighted by Gasteiger charge is -2.31. The van der Waals surface area contributed by atoms with Gasteiger partial charge in [-0.2, -0.15) is 0 Å². The number of carbonyl (C=O) groups excluding carboxylic acids is 1. The van der Waals surface area contributed by atoms with Crippen LogP contribution in [-0.4, -0.2) is 22.7 Å². The second kappa shape index (κ2) is 6.33. The molecule has 21 heavy (non-hydrogen) atoms. The minimum atomic E-state index is -0.465. The normalized spacial score (nSPS) is 22.6. The van der Waals surface area contributed by atoms with Gasteiger partial charge in [-0.15, -0.1) is 0 Å². The molecule has 5 nitrogen and oxygen atoms in total. The van der Waals surface area contributed by atoms with Gasteiger partial charge < -0.3 is 15.8 Å². The molecule has 0 aromatic carbocycles. The zero-order chi connectivity index (χ0) is 15.5. The van der Waals surface area contributed by atoms with Crippen molar-refractivity contribution in [3.63, 3.8) is 0 Å². The Morgan fingerprint density at radius 3 is 2.86 bits per heavy atom. The first-order valence-electron chi connectivity index (χ1n) is 7.54. The molecule has 2 unspecified atom stereocenters. The van der Waals surface area contributed by atoms with E-state index in [0.29, 0.717) is 5.92 Å². The molecule has 0 saturated heterocycles. The molecule has 0 radical (unpaired) electrons. The van der Waals surface area contributed by atoms with E-state index in [4.69, 9.17) is 10.5 Å². The topological polar surface area (TPSA) is 77.2 Å². The molecule has 1 saturated carbocycles.